The van der Waals surface area contributed by atoms with E-state index in [4.69, 9.17) is 0 Å². The van der Waals surface area contributed by atoms with Crippen molar-refractivity contribution in [1.82, 2.24) is 4.98 Å². The van der Waals surface area contributed by atoms with Crippen molar-refractivity contribution in [2.24, 2.45) is 0 Å². The van der Waals surface area contributed by atoms with Crippen molar-refractivity contribution in [3.05, 3.63) is 50.5 Å². The molecule has 0 bridgehead atoms. The highest BCUT2D eigenvalue weighted by Gasteiger charge is 2.16. The number of nitro groups is 1. The van der Waals surface area contributed by atoms with Gasteiger partial charge in [-0.3, -0.25) is 10.1 Å². The van der Waals surface area contributed by atoms with Gasteiger partial charge in [0.1, 0.15) is 5.82 Å². The van der Waals surface area contributed by atoms with Crippen molar-refractivity contribution in [3.8, 4) is 0 Å². The molecule has 0 unspecified atom stereocenters. The fourth-order valence-electron chi connectivity index (χ4n) is 1.92. The van der Waals surface area contributed by atoms with Crippen molar-refractivity contribution >= 4 is 38.9 Å². The number of aryl methyl sites for hydroxylation is 1. The lowest BCUT2D eigenvalue weighted by Gasteiger charge is -2.10. The lowest BCUT2D eigenvalue weighted by molar-refractivity contribution is -0.384. The maximum atomic E-state index is 11.1. The van der Waals surface area contributed by atoms with Crippen LogP contribution in [0.5, 0.6) is 0 Å². The van der Waals surface area contributed by atoms with E-state index < -0.39 is 4.92 Å². The molecule has 0 spiro atoms. The molecule has 1 aromatic heterocycles. The van der Waals surface area contributed by atoms with E-state index >= 15 is 0 Å². The molecular weight excluding hydrogens is 336 g/mol. The highest BCUT2D eigenvalue weighted by atomic mass is 79.9. The van der Waals surface area contributed by atoms with Crippen molar-refractivity contribution in [1.29, 1.82) is 0 Å². The number of halogens is 1. The van der Waals surface area contributed by atoms with Crippen molar-refractivity contribution in [2.45, 2.75) is 13.8 Å². The van der Waals surface area contributed by atoms with Crippen LogP contribution in [0.2, 0.25) is 0 Å². The fourth-order valence-corrected chi connectivity index (χ4v) is 2.52. The third kappa shape index (κ3) is 3.91. The number of hydrogen-bond acceptors (Lipinski definition) is 5. The van der Waals surface area contributed by atoms with Crippen LogP contribution in [0.15, 0.2) is 34.8 Å². The van der Waals surface area contributed by atoms with E-state index in [-0.39, 0.29) is 11.5 Å². The molecular formula is C14H15BrN4O2. The summed E-state index contributed by atoms with van der Waals surface area (Å²) in [7, 11) is 0. The molecule has 2 aromatic rings. The summed E-state index contributed by atoms with van der Waals surface area (Å²) < 4.78 is 0.899. The zero-order valence-corrected chi connectivity index (χ0v) is 13.3. The minimum Gasteiger partial charge on any atom is -0.370 e. The summed E-state index contributed by atoms with van der Waals surface area (Å²) in [5.41, 5.74) is 1.72. The topological polar surface area (TPSA) is 80.1 Å². The number of rotatable bonds is 5. The maximum Gasteiger partial charge on any atom is 0.311 e. The highest BCUT2D eigenvalue weighted by molar-refractivity contribution is 9.10. The summed E-state index contributed by atoms with van der Waals surface area (Å²) >= 11 is 3.41. The third-order valence-electron chi connectivity index (χ3n) is 2.73. The Balaban J connectivity index is 2.40. The number of anilines is 3. The Morgan fingerprint density at radius 3 is 2.71 bits per heavy atom. The first-order valence-electron chi connectivity index (χ1n) is 6.43. The van der Waals surface area contributed by atoms with Crippen molar-refractivity contribution < 1.29 is 4.92 Å². The molecule has 0 aliphatic rings. The Bertz CT molecular complexity index is 656. The van der Waals surface area contributed by atoms with E-state index in [1.165, 1.54) is 6.07 Å². The largest absolute Gasteiger partial charge is 0.370 e. The van der Waals surface area contributed by atoms with Gasteiger partial charge < -0.3 is 10.6 Å². The summed E-state index contributed by atoms with van der Waals surface area (Å²) in [6.45, 7) is 4.58. The molecule has 0 aliphatic heterocycles. The lowest BCUT2D eigenvalue weighted by atomic mass is 10.2. The van der Waals surface area contributed by atoms with E-state index in [9.17, 15) is 10.1 Å². The molecule has 2 rings (SSSR count). The van der Waals surface area contributed by atoms with Gasteiger partial charge in [-0.05, 0) is 43.7 Å². The second-order valence-corrected chi connectivity index (χ2v) is 5.41. The maximum absolute atomic E-state index is 11.1. The van der Waals surface area contributed by atoms with Crippen molar-refractivity contribution in [2.75, 3.05) is 17.2 Å². The Labute approximate surface area is 130 Å². The molecule has 21 heavy (non-hydrogen) atoms. The average molecular weight is 351 g/mol. The van der Waals surface area contributed by atoms with Gasteiger partial charge in [0, 0.05) is 22.8 Å². The lowest BCUT2D eigenvalue weighted by Crippen LogP contribution is -2.04. The first kappa shape index (κ1) is 15.2. The van der Waals surface area contributed by atoms with Crippen LogP contribution in [-0.4, -0.2) is 16.5 Å². The molecule has 0 radical (unpaired) electrons. The third-order valence-corrected chi connectivity index (χ3v) is 3.19. The Morgan fingerprint density at radius 1 is 1.33 bits per heavy atom. The fraction of sp³-hybridized carbons (Fsp3) is 0.214. The first-order valence-corrected chi connectivity index (χ1v) is 7.22. The molecule has 2 N–H and O–H groups in total. The molecule has 0 saturated heterocycles. The van der Waals surface area contributed by atoms with E-state index in [1.54, 1.807) is 6.07 Å². The van der Waals surface area contributed by atoms with Crippen LogP contribution in [0.1, 0.15) is 12.5 Å². The molecule has 1 heterocycles. The van der Waals surface area contributed by atoms with Gasteiger partial charge in [0.2, 0.25) is 5.82 Å². The second kappa shape index (κ2) is 6.53. The quantitative estimate of drug-likeness (QED) is 0.622. The van der Waals surface area contributed by atoms with Crippen LogP contribution in [0.3, 0.4) is 0 Å². The first-order chi connectivity index (χ1) is 9.99. The normalized spacial score (nSPS) is 10.2. The molecule has 0 amide bonds. The zero-order valence-electron chi connectivity index (χ0n) is 11.7. The van der Waals surface area contributed by atoms with Gasteiger partial charge in [0.25, 0.3) is 0 Å². The van der Waals surface area contributed by atoms with Crippen LogP contribution in [0.25, 0.3) is 0 Å². The Kier molecular flexibility index (Phi) is 4.74. The van der Waals surface area contributed by atoms with Crippen LogP contribution in [0, 0.1) is 17.0 Å². The van der Waals surface area contributed by atoms with Gasteiger partial charge in [0.15, 0.2) is 0 Å². The Morgan fingerprint density at radius 2 is 2.10 bits per heavy atom. The van der Waals surface area contributed by atoms with E-state index in [1.807, 2.05) is 32.0 Å². The van der Waals surface area contributed by atoms with Crippen molar-refractivity contribution in [3.63, 3.8) is 0 Å². The van der Waals surface area contributed by atoms with Gasteiger partial charge >= 0.3 is 5.69 Å². The van der Waals surface area contributed by atoms with E-state index in [0.29, 0.717) is 12.4 Å². The van der Waals surface area contributed by atoms with Gasteiger partial charge in [-0.25, -0.2) is 4.98 Å². The Hall–Kier alpha value is -2.15. The molecule has 0 saturated carbocycles. The average Bonchev–Trinajstić information content (AvgIpc) is 2.37. The van der Waals surface area contributed by atoms with Crippen LogP contribution in [0.4, 0.5) is 23.0 Å². The zero-order chi connectivity index (χ0) is 15.4. The number of benzene rings is 1. The summed E-state index contributed by atoms with van der Waals surface area (Å²) in [5, 5.41) is 17.2. The van der Waals surface area contributed by atoms with Crippen LogP contribution < -0.4 is 10.6 Å². The molecule has 6 nitrogen and oxygen atoms in total. The van der Waals surface area contributed by atoms with Gasteiger partial charge in [0.05, 0.1) is 4.92 Å². The molecule has 7 heteroatoms. The number of aromatic nitrogens is 1. The summed E-state index contributed by atoms with van der Waals surface area (Å²) in [5.74, 6) is 0.813. The highest BCUT2D eigenvalue weighted by Crippen LogP contribution is 2.29. The predicted molar refractivity (Wildman–Crippen MR) is 87.2 cm³/mol. The minimum absolute atomic E-state index is 0.0609. The summed E-state index contributed by atoms with van der Waals surface area (Å²) in [4.78, 5) is 14.9. The molecule has 0 aliphatic carbocycles. The summed E-state index contributed by atoms with van der Waals surface area (Å²) in [6, 6.07) is 8.74. The minimum atomic E-state index is -0.449. The molecule has 110 valence electrons. The van der Waals surface area contributed by atoms with E-state index in [2.05, 4.69) is 31.5 Å². The summed E-state index contributed by atoms with van der Waals surface area (Å²) in [6.07, 6.45) is 0. The number of nitrogens with one attached hydrogen (secondary N) is 2. The monoisotopic (exact) mass is 350 g/mol. The predicted octanol–water partition coefficient (Wildman–Crippen LogP) is 4.24. The number of hydrogen-bond donors (Lipinski definition) is 2. The SMILES string of the molecule is CCNc1ccc([N+](=O)[O-])c(Nc2cc(C)cc(Br)c2)n1. The van der Waals surface area contributed by atoms with Gasteiger partial charge in [-0.2, -0.15) is 0 Å². The van der Waals surface area contributed by atoms with Crippen LogP contribution in [-0.2, 0) is 0 Å². The van der Waals surface area contributed by atoms with E-state index in [0.717, 1.165) is 15.7 Å². The number of nitrogens with zero attached hydrogens (tertiary/aromatic N) is 2. The second-order valence-electron chi connectivity index (χ2n) is 4.49. The van der Waals surface area contributed by atoms with Crippen LogP contribution >= 0.6 is 15.9 Å². The standard InChI is InChI=1S/C14H15BrN4O2/c1-3-16-13-5-4-12(19(20)21)14(18-13)17-11-7-9(2)6-10(15)8-11/h4-8H,3H2,1-2H3,(H2,16,17,18). The number of pyridine rings is 1. The smallest absolute Gasteiger partial charge is 0.311 e. The molecule has 1 aromatic carbocycles. The van der Waals surface area contributed by atoms with Gasteiger partial charge in [-0.15, -0.1) is 0 Å². The molecule has 0 atom stereocenters. The van der Waals surface area contributed by atoms with Gasteiger partial charge in [-0.1, -0.05) is 15.9 Å². The molecule has 0 fully saturated rings.